The summed E-state index contributed by atoms with van der Waals surface area (Å²) >= 11 is 5.99. The molecule has 3 aromatic rings. The van der Waals surface area contributed by atoms with E-state index < -0.39 is 4.92 Å². The first kappa shape index (κ1) is 18.6. The molecular formula is C22H14ClN3O3. The van der Waals surface area contributed by atoms with E-state index in [1.165, 1.54) is 17.0 Å². The fourth-order valence-electron chi connectivity index (χ4n) is 3.05. The second-order valence-corrected chi connectivity index (χ2v) is 6.70. The molecule has 4 rings (SSSR count). The maximum absolute atomic E-state index is 13.2. The van der Waals surface area contributed by atoms with Crippen LogP contribution in [0.3, 0.4) is 0 Å². The zero-order valence-corrected chi connectivity index (χ0v) is 15.8. The molecule has 1 heterocycles. The van der Waals surface area contributed by atoms with Crippen molar-refractivity contribution in [1.29, 1.82) is 0 Å². The minimum Gasteiger partial charge on any atom is -0.266 e. The van der Waals surface area contributed by atoms with E-state index in [2.05, 4.69) is 4.99 Å². The van der Waals surface area contributed by atoms with Crippen molar-refractivity contribution < 1.29 is 9.72 Å². The van der Waals surface area contributed by atoms with Gasteiger partial charge in [0.1, 0.15) is 11.5 Å². The molecule has 6 nitrogen and oxygen atoms in total. The third-order valence-electron chi connectivity index (χ3n) is 4.40. The molecule has 3 aromatic carbocycles. The summed E-state index contributed by atoms with van der Waals surface area (Å²) in [6, 6.07) is 22.3. The Labute approximate surface area is 171 Å². The van der Waals surface area contributed by atoms with Crippen molar-refractivity contribution in [2.24, 2.45) is 4.99 Å². The zero-order chi connectivity index (χ0) is 20.4. The quantitative estimate of drug-likeness (QED) is 0.346. The van der Waals surface area contributed by atoms with Crippen molar-refractivity contribution >= 4 is 40.8 Å². The lowest BCUT2D eigenvalue weighted by molar-refractivity contribution is -0.385. The van der Waals surface area contributed by atoms with Gasteiger partial charge in [-0.3, -0.25) is 19.8 Å². The number of carbonyl (C=O) groups excluding carboxylic acids is 1. The summed E-state index contributed by atoms with van der Waals surface area (Å²) in [4.78, 5) is 30.0. The number of amides is 1. The number of hydrogen-bond acceptors (Lipinski definition) is 4. The van der Waals surface area contributed by atoms with Crippen LogP contribution in [-0.2, 0) is 4.79 Å². The first-order valence-corrected chi connectivity index (χ1v) is 9.11. The van der Waals surface area contributed by atoms with Gasteiger partial charge >= 0.3 is 0 Å². The smallest absolute Gasteiger partial charge is 0.266 e. The van der Waals surface area contributed by atoms with Crippen molar-refractivity contribution in [3.8, 4) is 0 Å². The molecule has 0 bridgehead atoms. The number of anilines is 1. The fourth-order valence-corrected chi connectivity index (χ4v) is 3.18. The molecule has 0 unspecified atom stereocenters. The average Bonchev–Trinajstić information content (AvgIpc) is 3.05. The normalized spacial score (nSPS) is 14.9. The molecule has 0 saturated heterocycles. The van der Waals surface area contributed by atoms with Gasteiger partial charge in [0.2, 0.25) is 0 Å². The summed E-state index contributed by atoms with van der Waals surface area (Å²) in [5.41, 5.74) is 1.70. The van der Waals surface area contributed by atoms with Gasteiger partial charge in [-0.15, -0.1) is 0 Å². The van der Waals surface area contributed by atoms with E-state index in [0.717, 1.165) is 0 Å². The Morgan fingerprint density at radius 1 is 0.931 bits per heavy atom. The summed E-state index contributed by atoms with van der Waals surface area (Å²) in [7, 11) is 0. The molecular weight excluding hydrogens is 390 g/mol. The predicted molar refractivity (Wildman–Crippen MR) is 113 cm³/mol. The van der Waals surface area contributed by atoms with Crippen LogP contribution in [0.5, 0.6) is 0 Å². The molecule has 0 spiro atoms. The fraction of sp³-hybridized carbons (Fsp3) is 0. The van der Waals surface area contributed by atoms with Gasteiger partial charge in [-0.25, -0.2) is 4.99 Å². The van der Waals surface area contributed by atoms with Gasteiger partial charge in [0.05, 0.1) is 16.2 Å². The van der Waals surface area contributed by atoms with Crippen molar-refractivity contribution in [3.05, 3.63) is 111 Å². The summed E-state index contributed by atoms with van der Waals surface area (Å²) < 4.78 is 0. The van der Waals surface area contributed by atoms with Crippen molar-refractivity contribution in [2.75, 3.05) is 4.90 Å². The average molecular weight is 404 g/mol. The van der Waals surface area contributed by atoms with Crippen LogP contribution in [0.25, 0.3) is 6.08 Å². The van der Waals surface area contributed by atoms with E-state index in [-0.39, 0.29) is 17.3 Å². The first-order chi connectivity index (χ1) is 14.0. The van der Waals surface area contributed by atoms with Crippen LogP contribution in [0.4, 0.5) is 11.4 Å². The molecule has 0 radical (unpaired) electrons. The van der Waals surface area contributed by atoms with E-state index >= 15 is 0 Å². The number of nitrogens with zero attached hydrogens (tertiary/aromatic N) is 3. The van der Waals surface area contributed by atoms with E-state index in [1.807, 2.05) is 18.2 Å². The Hall–Kier alpha value is -3.77. The summed E-state index contributed by atoms with van der Waals surface area (Å²) in [5, 5.41) is 11.9. The molecule has 1 aliphatic rings. The number of benzene rings is 3. The lowest BCUT2D eigenvalue weighted by atomic mass is 10.1. The Balaban J connectivity index is 1.85. The molecule has 0 atom stereocenters. The van der Waals surface area contributed by atoms with Crippen LogP contribution in [-0.4, -0.2) is 16.7 Å². The molecule has 142 valence electrons. The highest BCUT2D eigenvalue weighted by atomic mass is 35.5. The van der Waals surface area contributed by atoms with Crippen LogP contribution in [0, 0.1) is 10.1 Å². The maximum Gasteiger partial charge on any atom is 0.282 e. The molecule has 0 aromatic heterocycles. The first-order valence-electron chi connectivity index (χ1n) is 8.74. The zero-order valence-electron chi connectivity index (χ0n) is 15.0. The summed E-state index contributed by atoms with van der Waals surface area (Å²) in [6.07, 6.45) is 1.44. The van der Waals surface area contributed by atoms with Crippen LogP contribution in [0.1, 0.15) is 11.1 Å². The van der Waals surface area contributed by atoms with Crippen molar-refractivity contribution in [2.45, 2.75) is 0 Å². The van der Waals surface area contributed by atoms with E-state index in [1.54, 1.807) is 54.6 Å². The predicted octanol–water partition coefficient (Wildman–Crippen LogP) is 5.08. The Kier molecular flexibility index (Phi) is 4.93. The number of aliphatic imine (C=N–C) groups is 1. The third kappa shape index (κ3) is 3.66. The second kappa shape index (κ2) is 7.69. The monoisotopic (exact) mass is 403 g/mol. The molecule has 1 amide bonds. The highest BCUT2D eigenvalue weighted by Crippen LogP contribution is 2.29. The molecule has 7 heteroatoms. The van der Waals surface area contributed by atoms with Crippen molar-refractivity contribution in [3.63, 3.8) is 0 Å². The van der Waals surface area contributed by atoms with Gasteiger partial charge in [0.25, 0.3) is 11.6 Å². The second-order valence-electron chi connectivity index (χ2n) is 6.26. The molecule has 0 saturated carbocycles. The number of halogens is 1. The summed E-state index contributed by atoms with van der Waals surface area (Å²) in [5.74, 6) is 0.0713. The third-order valence-corrected chi connectivity index (χ3v) is 4.65. The van der Waals surface area contributed by atoms with Gasteiger partial charge in [-0.05, 0) is 48.5 Å². The van der Waals surface area contributed by atoms with Crippen LogP contribution in [0.15, 0.2) is 89.6 Å². The van der Waals surface area contributed by atoms with Crippen LogP contribution >= 0.6 is 11.6 Å². The minimum atomic E-state index is -0.482. The highest BCUT2D eigenvalue weighted by molar-refractivity contribution is 6.34. The van der Waals surface area contributed by atoms with Crippen molar-refractivity contribution in [1.82, 2.24) is 0 Å². The molecule has 1 aliphatic heterocycles. The molecule has 0 N–H and O–H groups in total. The Morgan fingerprint density at radius 2 is 1.59 bits per heavy atom. The Morgan fingerprint density at radius 3 is 2.28 bits per heavy atom. The topological polar surface area (TPSA) is 75.8 Å². The largest absolute Gasteiger partial charge is 0.282 e. The number of nitro groups is 1. The summed E-state index contributed by atoms with van der Waals surface area (Å²) in [6.45, 7) is 0. The van der Waals surface area contributed by atoms with Gasteiger partial charge in [0.15, 0.2) is 0 Å². The maximum atomic E-state index is 13.2. The molecule has 0 fully saturated rings. The lowest BCUT2D eigenvalue weighted by Crippen LogP contribution is -2.32. The number of nitro benzene ring substituents is 1. The van der Waals surface area contributed by atoms with E-state index in [0.29, 0.717) is 27.7 Å². The number of para-hydroxylation sites is 2. The molecule has 0 aliphatic carbocycles. The van der Waals surface area contributed by atoms with Crippen LogP contribution < -0.4 is 4.90 Å². The van der Waals surface area contributed by atoms with E-state index in [9.17, 15) is 14.9 Å². The standard InChI is InChI=1S/C22H14ClN3O3/c23-17-12-10-15(11-13-17)21-24-19(14-16-6-4-5-9-20(16)26(28)29)22(27)25(21)18-7-2-1-3-8-18/h1-14H/b19-14+. The number of carbonyl (C=O) groups is 1. The van der Waals surface area contributed by atoms with Crippen LogP contribution in [0.2, 0.25) is 5.02 Å². The lowest BCUT2D eigenvalue weighted by Gasteiger charge is -2.18. The Bertz CT molecular complexity index is 1160. The molecule has 29 heavy (non-hydrogen) atoms. The van der Waals surface area contributed by atoms with Gasteiger partial charge in [-0.2, -0.15) is 0 Å². The van der Waals surface area contributed by atoms with Gasteiger partial charge < -0.3 is 0 Å². The number of amidine groups is 1. The van der Waals surface area contributed by atoms with Gasteiger partial charge in [-0.1, -0.05) is 41.9 Å². The number of hydrogen-bond donors (Lipinski definition) is 0. The van der Waals surface area contributed by atoms with E-state index in [4.69, 9.17) is 11.6 Å². The highest BCUT2D eigenvalue weighted by Gasteiger charge is 2.32. The SMILES string of the molecule is O=C1/C(=C\c2ccccc2[N+](=O)[O-])N=C(c2ccc(Cl)cc2)N1c1ccccc1. The minimum absolute atomic E-state index is 0.0887. The van der Waals surface area contributed by atoms with Gasteiger partial charge in [0, 0.05) is 16.7 Å². The number of rotatable bonds is 4.